The van der Waals surface area contributed by atoms with Crippen molar-refractivity contribution in [3.63, 3.8) is 0 Å². The second kappa shape index (κ2) is 6.60. The van der Waals surface area contributed by atoms with E-state index in [4.69, 9.17) is 0 Å². The van der Waals surface area contributed by atoms with Gasteiger partial charge in [0.2, 0.25) is 0 Å². The van der Waals surface area contributed by atoms with Crippen LogP contribution in [0.1, 0.15) is 5.69 Å². The molecule has 124 valence electrons. The van der Waals surface area contributed by atoms with Crippen molar-refractivity contribution in [2.75, 3.05) is 16.7 Å². The van der Waals surface area contributed by atoms with Gasteiger partial charge in [-0.25, -0.2) is 9.40 Å². The van der Waals surface area contributed by atoms with Crippen LogP contribution < -0.4 is 15.4 Å². The number of nitrogens with one attached hydrogen (secondary N) is 1. The molecular formula is C19H16FN5. The standard InChI is InChI=1S/C19H16FN5/c20-15-9-11-17(12-10-15)25-14-24(16-6-2-1-3-7-16)22-19(23-25)18-8-4-5-13-21-18/h1-13H,14H2,(H,22,23). The lowest BCUT2D eigenvalue weighted by Crippen LogP contribution is -2.53. The number of nitrogens with zero attached hydrogens (tertiary/aromatic N) is 4. The number of amidine groups is 1. The maximum Gasteiger partial charge on any atom is 0.191 e. The zero-order valence-corrected chi connectivity index (χ0v) is 13.4. The third kappa shape index (κ3) is 3.28. The molecule has 1 N–H and O–H groups in total. The first kappa shape index (κ1) is 15.1. The Morgan fingerprint density at radius 1 is 0.840 bits per heavy atom. The molecule has 2 heterocycles. The van der Waals surface area contributed by atoms with Crippen LogP contribution in [0, 0.1) is 5.82 Å². The van der Waals surface area contributed by atoms with Gasteiger partial charge in [-0.15, -0.1) is 5.10 Å². The number of para-hydroxylation sites is 1. The molecule has 4 rings (SSSR count). The fourth-order valence-corrected chi connectivity index (χ4v) is 2.59. The molecule has 0 amide bonds. The van der Waals surface area contributed by atoms with E-state index in [0.717, 1.165) is 17.1 Å². The lowest BCUT2D eigenvalue weighted by atomic mass is 10.3. The summed E-state index contributed by atoms with van der Waals surface area (Å²) in [6.45, 7) is 0.478. The highest BCUT2D eigenvalue weighted by molar-refractivity contribution is 5.99. The normalized spacial score (nSPS) is 14.0. The summed E-state index contributed by atoms with van der Waals surface area (Å²) in [4.78, 5) is 4.37. The van der Waals surface area contributed by atoms with Gasteiger partial charge in [0.1, 0.15) is 18.2 Å². The summed E-state index contributed by atoms with van der Waals surface area (Å²) < 4.78 is 13.3. The van der Waals surface area contributed by atoms with Gasteiger partial charge in [-0.2, -0.15) is 0 Å². The Hall–Kier alpha value is -3.41. The quantitative estimate of drug-likeness (QED) is 0.798. The zero-order chi connectivity index (χ0) is 17.1. The molecule has 0 unspecified atom stereocenters. The highest BCUT2D eigenvalue weighted by Gasteiger charge is 2.22. The minimum absolute atomic E-state index is 0.265. The second-order valence-electron chi connectivity index (χ2n) is 5.56. The molecule has 0 bridgehead atoms. The summed E-state index contributed by atoms with van der Waals surface area (Å²) in [7, 11) is 0. The molecule has 1 aliphatic heterocycles. The Balaban J connectivity index is 1.72. The molecule has 0 saturated heterocycles. The summed E-state index contributed by atoms with van der Waals surface area (Å²) in [5, 5.41) is 8.46. The lowest BCUT2D eigenvalue weighted by Gasteiger charge is -2.36. The van der Waals surface area contributed by atoms with E-state index in [0.29, 0.717) is 12.5 Å². The number of benzene rings is 2. The van der Waals surface area contributed by atoms with Crippen LogP contribution in [0.25, 0.3) is 0 Å². The number of hydrazine groups is 1. The van der Waals surface area contributed by atoms with Gasteiger partial charge < -0.3 is 0 Å². The highest BCUT2D eigenvalue weighted by atomic mass is 19.1. The van der Waals surface area contributed by atoms with Crippen LogP contribution in [0.15, 0.2) is 84.1 Å². The van der Waals surface area contributed by atoms with E-state index in [1.165, 1.54) is 12.1 Å². The van der Waals surface area contributed by atoms with Crippen molar-refractivity contribution < 1.29 is 4.39 Å². The number of halogens is 1. The maximum absolute atomic E-state index is 13.3. The molecule has 6 heteroatoms. The van der Waals surface area contributed by atoms with Crippen molar-refractivity contribution in [2.24, 2.45) is 5.10 Å². The van der Waals surface area contributed by atoms with Crippen molar-refractivity contribution >= 4 is 17.2 Å². The third-order valence-electron chi connectivity index (χ3n) is 3.84. The van der Waals surface area contributed by atoms with Crippen LogP contribution in [-0.4, -0.2) is 17.5 Å². The first-order chi connectivity index (χ1) is 12.3. The van der Waals surface area contributed by atoms with Crippen molar-refractivity contribution in [1.29, 1.82) is 0 Å². The van der Waals surface area contributed by atoms with E-state index in [-0.39, 0.29) is 5.82 Å². The Labute approximate surface area is 145 Å². The number of pyridine rings is 1. The number of hydrazone groups is 1. The molecule has 1 aromatic heterocycles. The minimum atomic E-state index is -0.265. The maximum atomic E-state index is 13.3. The summed E-state index contributed by atoms with van der Waals surface area (Å²) >= 11 is 0. The van der Waals surface area contributed by atoms with Gasteiger partial charge in [0, 0.05) is 6.20 Å². The average Bonchev–Trinajstić information content (AvgIpc) is 2.69. The molecule has 0 radical (unpaired) electrons. The number of hydrogen-bond acceptors (Lipinski definition) is 5. The number of anilines is 2. The van der Waals surface area contributed by atoms with Crippen molar-refractivity contribution in [3.8, 4) is 0 Å². The fraction of sp³-hybridized carbons (Fsp3) is 0.0526. The molecule has 0 saturated carbocycles. The molecule has 3 aromatic rings. The molecule has 25 heavy (non-hydrogen) atoms. The van der Waals surface area contributed by atoms with E-state index in [1.54, 1.807) is 18.3 Å². The topological polar surface area (TPSA) is 43.8 Å². The summed E-state index contributed by atoms with van der Waals surface area (Å²) in [6.07, 6.45) is 1.73. The molecule has 0 spiro atoms. The van der Waals surface area contributed by atoms with E-state index >= 15 is 0 Å². The Morgan fingerprint density at radius 2 is 1.60 bits per heavy atom. The van der Waals surface area contributed by atoms with Gasteiger partial charge in [-0.05, 0) is 48.5 Å². The molecule has 5 nitrogen and oxygen atoms in total. The number of aromatic nitrogens is 1. The second-order valence-corrected chi connectivity index (χ2v) is 5.56. The summed E-state index contributed by atoms with van der Waals surface area (Å²) in [5.41, 5.74) is 5.79. The Bertz CT molecular complexity index is 865. The Morgan fingerprint density at radius 3 is 2.32 bits per heavy atom. The van der Waals surface area contributed by atoms with E-state index < -0.39 is 0 Å². The van der Waals surface area contributed by atoms with E-state index in [2.05, 4.69) is 15.5 Å². The predicted molar refractivity (Wildman–Crippen MR) is 96.6 cm³/mol. The fourth-order valence-electron chi connectivity index (χ4n) is 2.59. The SMILES string of the molecule is Fc1ccc(N2CN(c3ccccc3)N=C(c3ccccn3)N2)cc1. The van der Waals surface area contributed by atoms with Gasteiger partial charge in [-0.3, -0.25) is 15.4 Å². The van der Waals surface area contributed by atoms with Crippen LogP contribution >= 0.6 is 0 Å². The molecular weight excluding hydrogens is 317 g/mol. The zero-order valence-electron chi connectivity index (χ0n) is 13.4. The van der Waals surface area contributed by atoms with Gasteiger partial charge in [0.25, 0.3) is 0 Å². The first-order valence-corrected chi connectivity index (χ1v) is 7.92. The first-order valence-electron chi connectivity index (χ1n) is 7.92. The van der Waals surface area contributed by atoms with Crippen LogP contribution in [0.2, 0.25) is 0 Å². The minimum Gasteiger partial charge on any atom is -0.277 e. The van der Waals surface area contributed by atoms with Gasteiger partial charge in [0.05, 0.1) is 11.4 Å². The van der Waals surface area contributed by atoms with Crippen molar-refractivity contribution in [2.45, 2.75) is 0 Å². The lowest BCUT2D eigenvalue weighted by molar-refractivity contribution is 0.625. The molecule has 0 fully saturated rings. The van der Waals surface area contributed by atoms with Gasteiger partial charge in [-0.1, -0.05) is 24.3 Å². The van der Waals surface area contributed by atoms with Crippen LogP contribution in [0.4, 0.5) is 15.8 Å². The molecule has 1 aliphatic rings. The molecule has 0 atom stereocenters. The smallest absolute Gasteiger partial charge is 0.191 e. The van der Waals surface area contributed by atoms with Crippen LogP contribution in [0.3, 0.4) is 0 Å². The highest BCUT2D eigenvalue weighted by Crippen LogP contribution is 2.21. The van der Waals surface area contributed by atoms with Gasteiger partial charge in [0.15, 0.2) is 5.84 Å². The van der Waals surface area contributed by atoms with E-state index in [1.807, 2.05) is 58.5 Å². The average molecular weight is 333 g/mol. The van der Waals surface area contributed by atoms with Crippen LogP contribution in [-0.2, 0) is 0 Å². The van der Waals surface area contributed by atoms with Crippen molar-refractivity contribution in [1.82, 2.24) is 10.4 Å². The summed E-state index contributed by atoms with van der Waals surface area (Å²) in [5.74, 6) is 0.360. The largest absolute Gasteiger partial charge is 0.277 e. The monoisotopic (exact) mass is 333 g/mol. The van der Waals surface area contributed by atoms with Gasteiger partial charge >= 0.3 is 0 Å². The molecule has 0 aliphatic carbocycles. The van der Waals surface area contributed by atoms with Crippen LogP contribution in [0.5, 0.6) is 0 Å². The summed E-state index contributed by atoms with van der Waals surface area (Å²) in [6, 6.07) is 21.9. The van der Waals surface area contributed by atoms with Crippen molar-refractivity contribution in [3.05, 3.63) is 90.5 Å². The van der Waals surface area contributed by atoms with E-state index in [9.17, 15) is 4.39 Å². The molecule has 2 aromatic carbocycles. The third-order valence-corrected chi connectivity index (χ3v) is 3.84. The number of hydrogen-bond donors (Lipinski definition) is 1. The predicted octanol–water partition coefficient (Wildman–Crippen LogP) is 3.37. The Kier molecular flexibility index (Phi) is 4.00. The number of rotatable bonds is 3.